The first-order valence-corrected chi connectivity index (χ1v) is 4.42. The summed E-state index contributed by atoms with van der Waals surface area (Å²) in [5, 5.41) is 0. The number of nitrogens with two attached hydrogens (primary N) is 1. The van der Waals surface area contributed by atoms with Crippen LogP contribution in [-0.4, -0.2) is 4.98 Å². The summed E-state index contributed by atoms with van der Waals surface area (Å²) in [5.41, 5.74) is 7.21. The maximum absolute atomic E-state index is 13.3. The van der Waals surface area contributed by atoms with Gasteiger partial charge in [-0.3, -0.25) is 0 Å². The van der Waals surface area contributed by atoms with E-state index in [4.69, 9.17) is 5.73 Å². The van der Waals surface area contributed by atoms with Gasteiger partial charge in [0.25, 0.3) is 0 Å². The predicted molar refractivity (Wildman–Crippen MR) is 53.2 cm³/mol. The fraction of sp³-hybridized carbons (Fsp3) is 0.0909. The average Bonchev–Trinajstić information content (AvgIpc) is 2.70. The summed E-state index contributed by atoms with van der Waals surface area (Å²) in [6.45, 7) is 0. The molecule has 0 saturated heterocycles. The second-order valence-corrected chi connectivity index (χ2v) is 3.12. The summed E-state index contributed by atoms with van der Waals surface area (Å²) >= 11 is 0. The number of nitrogens with one attached hydrogen (secondary N) is 1. The summed E-state index contributed by atoms with van der Waals surface area (Å²) in [4.78, 5) is 2.97. The van der Waals surface area contributed by atoms with E-state index in [-0.39, 0.29) is 5.82 Å². The average molecular weight is 190 g/mol. The molecule has 0 aliphatic rings. The smallest absolute Gasteiger partial charge is 0.128 e. The summed E-state index contributed by atoms with van der Waals surface area (Å²) < 4.78 is 13.3. The van der Waals surface area contributed by atoms with E-state index in [9.17, 15) is 4.39 Å². The number of hydrogen-bond acceptors (Lipinski definition) is 1. The van der Waals surface area contributed by atoms with Gasteiger partial charge in [0.05, 0.1) is 6.04 Å². The van der Waals surface area contributed by atoms with Gasteiger partial charge in [-0.05, 0) is 18.2 Å². The molecule has 1 aromatic carbocycles. The van der Waals surface area contributed by atoms with Crippen molar-refractivity contribution < 1.29 is 4.39 Å². The molecule has 2 nitrogen and oxygen atoms in total. The summed E-state index contributed by atoms with van der Waals surface area (Å²) in [6, 6.07) is 9.80. The van der Waals surface area contributed by atoms with Crippen LogP contribution >= 0.6 is 0 Å². The lowest BCUT2D eigenvalue weighted by molar-refractivity contribution is 0.597. The third-order valence-electron chi connectivity index (χ3n) is 2.20. The van der Waals surface area contributed by atoms with Crippen LogP contribution in [0.5, 0.6) is 0 Å². The summed E-state index contributed by atoms with van der Waals surface area (Å²) in [7, 11) is 0. The van der Waals surface area contributed by atoms with Gasteiger partial charge >= 0.3 is 0 Å². The van der Waals surface area contributed by atoms with Crippen LogP contribution in [-0.2, 0) is 0 Å². The van der Waals surface area contributed by atoms with Crippen LogP contribution < -0.4 is 5.73 Å². The van der Waals surface area contributed by atoms with Crippen molar-refractivity contribution in [2.45, 2.75) is 6.04 Å². The normalized spacial score (nSPS) is 12.7. The van der Waals surface area contributed by atoms with E-state index in [0.29, 0.717) is 5.56 Å². The molecule has 3 N–H and O–H groups in total. The molecule has 2 aromatic rings. The lowest BCUT2D eigenvalue weighted by Crippen LogP contribution is -2.13. The SMILES string of the molecule is NC(c1ccc[nH]1)c1ccccc1F. The van der Waals surface area contributed by atoms with Crippen molar-refractivity contribution in [1.82, 2.24) is 4.98 Å². The number of benzene rings is 1. The minimum Gasteiger partial charge on any atom is -0.363 e. The van der Waals surface area contributed by atoms with Crippen molar-refractivity contribution in [3.8, 4) is 0 Å². The molecule has 2 rings (SSSR count). The van der Waals surface area contributed by atoms with E-state index < -0.39 is 6.04 Å². The molecular weight excluding hydrogens is 179 g/mol. The Bertz CT molecular complexity index is 409. The van der Waals surface area contributed by atoms with Crippen molar-refractivity contribution in [1.29, 1.82) is 0 Å². The molecule has 0 amide bonds. The number of halogens is 1. The quantitative estimate of drug-likeness (QED) is 0.749. The Morgan fingerprint density at radius 1 is 1.14 bits per heavy atom. The van der Waals surface area contributed by atoms with Crippen LogP contribution in [0.1, 0.15) is 17.3 Å². The predicted octanol–water partition coefficient (Wildman–Crippen LogP) is 2.20. The maximum atomic E-state index is 13.3. The Hall–Kier alpha value is -1.61. The third kappa shape index (κ3) is 1.54. The zero-order valence-corrected chi connectivity index (χ0v) is 7.57. The van der Waals surface area contributed by atoms with E-state index in [2.05, 4.69) is 4.98 Å². The fourth-order valence-corrected chi connectivity index (χ4v) is 1.43. The second-order valence-electron chi connectivity index (χ2n) is 3.12. The van der Waals surface area contributed by atoms with Crippen LogP contribution in [0.3, 0.4) is 0 Å². The highest BCUT2D eigenvalue weighted by atomic mass is 19.1. The van der Waals surface area contributed by atoms with Crippen molar-refractivity contribution in [2.24, 2.45) is 5.73 Å². The van der Waals surface area contributed by atoms with Crippen molar-refractivity contribution in [3.05, 3.63) is 59.7 Å². The highest BCUT2D eigenvalue weighted by molar-refractivity contribution is 5.28. The molecule has 0 bridgehead atoms. The standard InChI is InChI=1S/C11H11FN2/c12-9-5-2-1-4-8(9)11(13)10-6-3-7-14-10/h1-7,11,14H,13H2. The molecule has 1 atom stereocenters. The molecule has 0 aliphatic carbocycles. The molecule has 0 radical (unpaired) electrons. The van der Waals surface area contributed by atoms with E-state index in [1.807, 2.05) is 12.1 Å². The van der Waals surface area contributed by atoms with E-state index in [1.165, 1.54) is 6.07 Å². The van der Waals surface area contributed by atoms with Gasteiger partial charge in [0.1, 0.15) is 5.82 Å². The van der Waals surface area contributed by atoms with Crippen LogP contribution in [0.25, 0.3) is 0 Å². The monoisotopic (exact) mass is 190 g/mol. The largest absolute Gasteiger partial charge is 0.363 e. The van der Waals surface area contributed by atoms with Gasteiger partial charge in [0.15, 0.2) is 0 Å². The molecule has 1 unspecified atom stereocenters. The van der Waals surface area contributed by atoms with Crippen LogP contribution in [0.4, 0.5) is 4.39 Å². The number of hydrogen-bond donors (Lipinski definition) is 2. The van der Waals surface area contributed by atoms with Crippen molar-refractivity contribution >= 4 is 0 Å². The van der Waals surface area contributed by atoms with Gasteiger partial charge in [-0.1, -0.05) is 18.2 Å². The van der Waals surface area contributed by atoms with Crippen LogP contribution in [0.2, 0.25) is 0 Å². The summed E-state index contributed by atoms with van der Waals surface area (Å²) in [5.74, 6) is -0.269. The van der Waals surface area contributed by atoms with Gasteiger partial charge in [-0.15, -0.1) is 0 Å². The zero-order valence-electron chi connectivity index (χ0n) is 7.57. The van der Waals surface area contributed by atoms with Gasteiger partial charge in [0, 0.05) is 17.5 Å². The van der Waals surface area contributed by atoms with Crippen molar-refractivity contribution in [3.63, 3.8) is 0 Å². The van der Waals surface area contributed by atoms with Crippen molar-refractivity contribution in [2.75, 3.05) is 0 Å². The molecule has 0 aliphatic heterocycles. The lowest BCUT2D eigenvalue weighted by Gasteiger charge is -2.10. The maximum Gasteiger partial charge on any atom is 0.128 e. The van der Waals surface area contributed by atoms with E-state index in [0.717, 1.165) is 5.69 Å². The number of H-pyrrole nitrogens is 1. The molecule has 0 fully saturated rings. The lowest BCUT2D eigenvalue weighted by atomic mass is 10.0. The number of aromatic nitrogens is 1. The first kappa shape index (κ1) is 8.97. The number of rotatable bonds is 2. The molecule has 1 aromatic heterocycles. The molecule has 0 spiro atoms. The van der Waals surface area contributed by atoms with Gasteiger partial charge in [-0.25, -0.2) is 4.39 Å². The van der Waals surface area contributed by atoms with E-state index in [1.54, 1.807) is 24.4 Å². The molecule has 1 heterocycles. The Balaban J connectivity index is 2.37. The third-order valence-corrected chi connectivity index (χ3v) is 2.20. The van der Waals surface area contributed by atoms with Gasteiger partial charge in [-0.2, -0.15) is 0 Å². The van der Waals surface area contributed by atoms with Crippen LogP contribution in [0.15, 0.2) is 42.6 Å². The first-order chi connectivity index (χ1) is 6.79. The van der Waals surface area contributed by atoms with E-state index >= 15 is 0 Å². The Labute approximate surface area is 81.6 Å². The highest BCUT2D eigenvalue weighted by Gasteiger charge is 2.12. The molecule has 14 heavy (non-hydrogen) atoms. The molecule has 3 heteroatoms. The first-order valence-electron chi connectivity index (χ1n) is 4.42. The van der Waals surface area contributed by atoms with Gasteiger partial charge < -0.3 is 10.7 Å². The Morgan fingerprint density at radius 2 is 1.93 bits per heavy atom. The highest BCUT2D eigenvalue weighted by Crippen LogP contribution is 2.20. The Kier molecular flexibility index (Phi) is 2.33. The zero-order chi connectivity index (χ0) is 9.97. The van der Waals surface area contributed by atoms with Crippen LogP contribution in [0, 0.1) is 5.82 Å². The number of aromatic amines is 1. The van der Waals surface area contributed by atoms with Gasteiger partial charge in [0.2, 0.25) is 0 Å². The minimum atomic E-state index is -0.425. The molecular formula is C11H11FN2. The minimum absolute atomic E-state index is 0.269. The molecule has 72 valence electrons. The molecule has 0 saturated carbocycles. The Morgan fingerprint density at radius 3 is 2.57 bits per heavy atom. The topological polar surface area (TPSA) is 41.8 Å². The second kappa shape index (κ2) is 3.64. The summed E-state index contributed by atoms with van der Waals surface area (Å²) in [6.07, 6.45) is 1.77. The fourth-order valence-electron chi connectivity index (χ4n) is 1.43.